The third kappa shape index (κ3) is 3.86. The van der Waals surface area contributed by atoms with Crippen molar-refractivity contribution < 1.29 is 4.42 Å². The predicted molar refractivity (Wildman–Crippen MR) is 96.6 cm³/mol. The monoisotopic (exact) mass is 382 g/mol. The van der Waals surface area contributed by atoms with Crippen LogP contribution in [0.2, 0.25) is 0 Å². The third-order valence-electron chi connectivity index (χ3n) is 3.06. The van der Waals surface area contributed by atoms with Crippen molar-refractivity contribution in [2.24, 2.45) is 0 Å². The van der Waals surface area contributed by atoms with Crippen LogP contribution in [0.1, 0.15) is 10.8 Å². The summed E-state index contributed by atoms with van der Waals surface area (Å²) in [4.78, 5) is 4.55. The van der Waals surface area contributed by atoms with Crippen LogP contribution in [-0.2, 0) is 0 Å². The summed E-state index contributed by atoms with van der Waals surface area (Å²) in [6.45, 7) is 0. The van der Waals surface area contributed by atoms with Gasteiger partial charge in [0, 0.05) is 15.4 Å². The molecule has 0 amide bonds. The average molecular weight is 383 g/mol. The number of aromatic nitrogens is 1. The second kappa shape index (κ2) is 7.23. The maximum atomic E-state index is 9.34. The molecular weight excluding hydrogens is 372 g/mol. The van der Waals surface area contributed by atoms with E-state index in [4.69, 9.17) is 4.42 Å². The van der Waals surface area contributed by atoms with Crippen molar-refractivity contribution in [1.29, 1.82) is 5.26 Å². The standard InChI is InChI=1S/C18H11BrN2OS/c19-15-8-6-13(7-9-15)17-12-23-18(21-17)14(11-20)3-1-4-16-5-2-10-22-16/h1-10,12H/b4-1+,14-3-. The smallest absolute Gasteiger partial charge is 0.134 e. The molecule has 0 aliphatic heterocycles. The molecule has 0 spiro atoms. The molecule has 3 rings (SSSR count). The van der Waals surface area contributed by atoms with E-state index in [1.165, 1.54) is 11.3 Å². The fourth-order valence-electron chi connectivity index (χ4n) is 1.93. The largest absolute Gasteiger partial charge is 0.465 e. The number of allylic oxidation sites excluding steroid dienone is 3. The van der Waals surface area contributed by atoms with Crippen molar-refractivity contribution in [2.45, 2.75) is 0 Å². The fraction of sp³-hybridized carbons (Fsp3) is 0. The molecule has 0 N–H and O–H groups in total. The fourth-order valence-corrected chi connectivity index (χ4v) is 3.00. The molecule has 0 fully saturated rings. The first-order chi connectivity index (χ1) is 11.3. The second-order valence-electron chi connectivity index (χ2n) is 4.61. The molecule has 112 valence electrons. The zero-order valence-corrected chi connectivity index (χ0v) is 14.3. The minimum atomic E-state index is 0.529. The molecule has 3 nitrogen and oxygen atoms in total. The van der Waals surface area contributed by atoms with Gasteiger partial charge in [0.15, 0.2) is 0 Å². The number of rotatable bonds is 4. The summed E-state index contributed by atoms with van der Waals surface area (Å²) in [5.74, 6) is 0.744. The lowest BCUT2D eigenvalue weighted by Crippen LogP contribution is -1.81. The normalized spacial score (nSPS) is 11.7. The molecule has 0 unspecified atom stereocenters. The van der Waals surface area contributed by atoms with Crippen LogP contribution in [0, 0.1) is 11.3 Å². The van der Waals surface area contributed by atoms with Crippen LogP contribution >= 0.6 is 27.3 Å². The van der Waals surface area contributed by atoms with E-state index in [1.807, 2.05) is 41.8 Å². The number of furan rings is 1. The van der Waals surface area contributed by atoms with E-state index in [2.05, 4.69) is 27.0 Å². The van der Waals surface area contributed by atoms with Gasteiger partial charge < -0.3 is 4.42 Å². The summed E-state index contributed by atoms with van der Waals surface area (Å²) < 4.78 is 6.24. The molecule has 2 aromatic heterocycles. The molecule has 0 bridgehead atoms. The van der Waals surface area contributed by atoms with E-state index in [1.54, 1.807) is 24.5 Å². The molecule has 0 aliphatic carbocycles. The average Bonchev–Trinajstić information content (AvgIpc) is 3.24. The van der Waals surface area contributed by atoms with Crippen LogP contribution in [0.4, 0.5) is 0 Å². The summed E-state index contributed by atoms with van der Waals surface area (Å²) >= 11 is 4.88. The van der Waals surface area contributed by atoms with E-state index < -0.39 is 0 Å². The molecule has 0 atom stereocenters. The number of benzene rings is 1. The van der Waals surface area contributed by atoms with Crippen LogP contribution in [0.15, 0.2) is 69.1 Å². The van der Waals surface area contributed by atoms with Crippen molar-refractivity contribution in [3.05, 3.63) is 75.4 Å². The van der Waals surface area contributed by atoms with Crippen LogP contribution in [0.3, 0.4) is 0 Å². The third-order valence-corrected chi connectivity index (χ3v) is 4.47. The van der Waals surface area contributed by atoms with Gasteiger partial charge in [0.2, 0.25) is 0 Å². The molecule has 0 saturated carbocycles. The molecule has 0 aliphatic rings. The molecule has 3 aromatic rings. The number of hydrogen-bond acceptors (Lipinski definition) is 4. The maximum absolute atomic E-state index is 9.34. The minimum absolute atomic E-state index is 0.529. The highest BCUT2D eigenvalue weighted by molar-refractivity contribution is 9.10. The zero-order chi connectivity index (χ0) is 16.1. The van der Waals surface area contributed by atoms with Crippen LogP contribution < -0.4 is 0 Å². The number of halogens is 1. The molecule has 23 heavy (non-hydrogen) atoms. The van der Waals surface area contributed by atoms with Crippen molar-refractivity contribution in [3.63, 3.8) is 0 Å². The Hall–Kier alpha value is -2.42. The van der Waals surface area contributed by atoms with Crippen LogP contribution in [0.5, 0.6) is 0 Å². The SMILES string of the molecule is N#C/C(=C/C=C/c1ccco1)c1nc(-c2ccc(Br)cc2)cs1. The predicted octanol–water partition coefficient (Wildman–Crippen LogP) is 5.79. The minimum Gasteiger partial charge on any atom is -0.465 e. The number of hydrogen-bond donors (Lipinski definition) is 0. The van der Waals surface area contributed by atoms with Gasteiger partial charge in [0.1, 0.15) is 16.8 Å². The van der Waals surface area contributed by atoms with E-state index >= 15 is 0 Å². The van der Waals surface area contributed by atoms with E-state index in [-0.39, 0.29) is 0 Å². The molecular formula is C18H11BrN2OS. The Kier molecular flexibility index (Phi) is 4.86. The Balaban J connectivity index is 1.82. The second-order valence-corrected chi connectivity index (χ2v) is 6.39. The number of thiazole rings is 1. The van der Waals surface area contributed by atoms with Crippen molar-refractivity contribution >= 4 is 38.9 Å². The maximum Gasteiger partial charge on any atom is 0.134 e. The first-order valence-electron chi connectivity index (χ1n) is 6.80. The topological polar surface area (TPSA) is 49.8 Å². The molecule has 0 radical (unpaired) electrons. The van der Waals surface area contributed by atoms with Gasteiger partial charge in [-0.15, -0.1) is 11.3 Å². The molecule has 5 heteroatoms. The highest BCUT2D eigenvalue weighted by atomic mass is 79.9. The number of nitriles is 1. The van der Waals surface area contributed by atoms with Gasteiger partial charge >= 0.3 is 0 Å². The van der Waals surface area contributed by atoms with Crippen molar-refractivity contribution in [1.82, 2.24) is 4.98 Å². The molecule has 0 saturated heterocycles. The van der Waals surface area contributed by atoms with Crippen LogP contribution in [0.25, 0.3) is 22.9 Å². The summed E-state index contributed by atoms with van der Waals surface area (Å²) in [5.41, 5.74) is 2.42. The Morgan fingerprint density at radius 2 is 2.09 bits per heavy atom. The van der Waals surface area contributed by atoms with Gasteiger partial charge in [-0.1, -0.05) is 34.1 Å². The zero-order valence-electron chi connectivity index (χ0n) is 11.9. The lowest BCUT2D eigenvalue weighted by molar-refractivity contribution is 0.557. The van der Waals surface area contributed by atoms with E-state index in [0.717, 1.165) is 21.5 Å². The highest BCUT2D eigenvalue weighted by Gasteiger charge is 2.08. The summed E-state index contributed by atoms with van der Waals surface area (Å²) in [5, 5.41) is 12.0. The van der Waals surface area contributed by atoms with Crippen molar-refractivity contribution in [2.75, 3.05) is 0 Å². The lowest BCUT2D eigenvalue weighted by Gasteiger charge is -1.96. The van der Waals surface area contributed by atoms with Crippen LogP contribution in [-0.4, -0.2) is 4.98 Å². The van der Waals surface area contributed by atoms with Gasteiger partial charge in [-0.3, -0.25) is 0 Å². The first-order valence-corrected chi connectivity index (χ1v) is 8.47. The van der Waals surface area contributed by atoms with Gasteiger partial charge in [-0.2, -0.15) is 5.26 Å². The Labute approximate surface area is 146 Å². The van der Waals surface area contributed by atoms with Crippen molar-refractivity contribution in [3.8, 4) is 17.3 Å². The summed E-state index contributed by atoms with van der Waals surface area (Å²) in [7, 11) is 0. The van der Waals surface area contributed by atoms with Gasteiger partial charge in [-0.05, 0) is 36.4 Å². The first kappa shape index (κ1) is 15.5. The molecule has 1 aromatic carbocycles. The highest BCUT2D eigenvalue weighted by Crippen LogP contribution is 2.27. The van der Waals surface area contributed by atoms with Gasteiger partial charge in [0.25, 0.3) is 0 Å². The van der Waals surface area contributed by atoms with Gasteiger partial charge in [-0.25, -0.2) is 4.98 Å². The van der Waals surface area contributed by atoms with E-state index in [0.29, 0.717) is 10.6 Å². The van der Waals surface area contributed by atoms with Gasteiger partial charge in [0.05, 0.1) is 17.5 Å². The Morgan fingerprint density at radius 1 is 1.26 bits per heavy atom. The summed E-state index contributed by atoms with van der Waals surface area (Å²) in [6, 6.07) is 13.8. The van der Waals surface area contributed by atoms with E-state index in [9.17, 15) is 5.26 Å². The quantitative estimate of drug-likeness (QED) is 0.424. The lowest BCUT2D eigenvalue weighted by atomic mass is 10.2. The molecule has 2 heterocycles. The number of nitrogens with zero attached hydrogens (tertiary/aromatic N) is 2. The Bertz CT molecular complexity index is 884. The Morgan fingerprint density at radius 3 is 2.78 bits per heavy atom. The summed E-state index contributed by atoms with van der Waals surface area (Å²) in [6.07, 6.45) is 6.95.